The van der Waals surface area contributed by atoms with Crippen LogP contribution in [0.3, 0.4) is 0 Å². The van der Waals surface area contributed by atoms with Gasteiger partial charge in [-0.3, -0.25) is 9.59 Å². The number of nitrogens with one attached hydrogen (secondary N) is 1. The van der Waals surface area contributed by atoms with Gasteiger partial charge in [0.25, 0.3) is 0 Å². The molecule has 118 valence electrons. The fraction of sp³-hybridized carbons (Fsp3) is 0.562. The Labute approximate surface area is 129 Å². The molecule has 0 spiro atoms. The van der Waals surface area contributed by atoms with E-state index in [1.54, 1.807) is 12.3 Å². The highest BCUT2D eigenvalue weighted by Gasteiger charge is 2.29. The Morgan fingerprint density at radius 1 is 1.32 bits per heavy atom. The van der Waals surface area contributed by atoms with Gasteiger partial charge < -0.3 is 15.3 Å². The Kier molecular flexibility index (Phi) is 4.38. The number of aliphatic hydroxyl groups excluding tert-OH is 1. The number of anilines is 2. The fourth-order valence-corrected chi connectivity index (χ4v) is 3.10. The molecule has 0 radical (unpaired) electrons. The zero-order valence-corrected chi connectivity index (χ0v) is 12.5. The first kappa shape index (κ1) is 15.0. The molecule has 2 N–H and O–H groups in total. The normalized spacial score (nSPS) is 22.9. The number of aromatic nitrogens is 1. The topological polar surface area (TPSA) is 82.5 Å². The lowest BCUT2D eigenvalue weighted by atomic mass is 10.1. The molecule has 1 saturated heterocycles. The second-order valence-corrected chi connectivity index (χ2v) is 6.06. The number of carbonyl (C=O) groups is 2. The van der Waals surface area contributed by atoms with Gasteiger partial charge >= 0.3 is 0 Å². The van der Waals surface area contributed by atoms with Crippen LogP contribution in [0.15, 0.2) is 18.3 Å². The number of aliphatic hydroxyl groups is 1. The highest BCUT2D eigenvalue weighted by atomic mass is 16.3. The summed E-state index contributed by atoms with van der Waals surface area (Å²) in [6.45, 7) is 1.45. The fourth-order valence-electron chi connectivity index (χ4n) is 3.10. The summed E-state index contributed by atoms with van der Waals surface area (Å²) in [6.07, 6.45) is 4.36. The number of hydrogen-bond acceptors (Lipinski definition) is 5. The molecule has 6 nitrogen and oxygen atoms in total. The number of rotatable bonds is 3. The third kappa shape index (κ3) is 3.27. The molecule has 3 rings (SSSR count). The van der Waals surface area contributed by atoms with Crippen molar-refractivity contribution in [2.45, 2.75) is 38.2 Å². The van der Waals surface area contributed by atoms with Crippen molar-refractivity contribution in [2.75, 3.05) is 23.3 Å². The van der Waals surface area contributed by atoms with Gasteiger partial charge in [0, 0.05) is 38.0 Å². The van der Waals surface area contributed by atoms with Crippen LogP contribution in [0.25, 0.3) is 0 Å². The number of piperidine rings is 1. The van der Waals surface area contributed by atoms with Crippen LogP contribution >= 0.6 is 0 Å². The predicted molar refractivity (Wildman–Crippen MR) is 82.7 cm³/mol. The molecule has 2 aliphatic rings. The lowest BCUT2D eigenvalue weighted by molar-refractivity contribution is -0.122. The minimum atomic E-state index is -0.248. The number of nitrogens with zero attached hydrogens (tertiary/aromatic N) is 2. The Morgan fingerprint density at radius 3 is 2.77 bits per heavy atom. The quantitative estimate of drug-likeness (QED) is 0.881. The van der Waals surface area contributed by atoms with E-state index in [-0.39, 0.29) is 23.7 Å². The van der Waals surface area contributed by atoms with Crippen molar-refractivity contribution in [3.05, 3.63) is 18.3 Å². The first-order chi connectivity index (χ1) is 10.6. The largest absolute Gasteiger partial charge is 0.393 e. The SMILES string of the molecule is O=C1CCC(C(=O)Nc2cccnc2N2CCC(O)CC2)C1. The molecule has 1 atom stereocenters. The van der Waals surface area contributed by atoms with E-state index in [2.05, 4.69) is 15.2 Å². The van der Waals surface area contributed by atoms with Crippen molar-refractivity contribution in [3.63, 3.8) is 0 Å². The predicted octanol–water partition coefficient (Wildman–Crippen LogP) is 1.35. The summed E-state index contributed by atoms with van der Waals surface area (Å²) in [7, 11) is 0. The zero-order valence-electron chi connectivity index (χ0n) is 12.5. The second kappa shape index (κ2) is 6.44. The van der Waals surface area contributed by atoms with Gasteiger partial charge in [0.05, 0.1) is 11.8 Å². The molecular formula is C16H21N3O3. The van der Waals surface area contributed by atoms with E-state index in [1.165, 1.54) is 0 Å². The molecule has 1 aliphatic carbocycles. The first-order valence-corrected chi connectivity index (χ1v) is 7.84. The summed E-state index contributed by atoms with van der Waals surface area (Å²) in [5.74, 6) is 0.588. The van der Waals surface area contributed by atoms with Crippen molar-refractivity contribution < 1.29 is 14.7 Å². The number of Topliss-reactive ketones (excluding diaryl/α,β-unsaturated/α-hetero) is 1. The summed E-state index contributed by atoms with van der Waals surface area (Å²) >= 11 is 0. The highest BCUT2D eigenvalue weighted by Crippen LogP contribution is 2.28. The molecular weight excluding hydrogens is 282 g/mol. The van der Waals surface area contributed by atoms with Gasteiger partial charge in [-0.15, -0.1) is 0 Å². The number of hydrogen-bond donors (Lipinski definition) is 2. The van der Waals surface area contributed by atoms with E-state index in [9.17, 15) is 14.7 Å². The maximum Gasteiger partial charge on any atom is 0.228 e. The lowest BCUT2D eigenvalue weighted by Crippen LogP contribution is -2.37. The minimum absolute atomic E-state index is 0.0999. The molecule has 1 aromatic heterocycles. The molecule has 1 amide bonds. The maximum atomic E-state index is 12.3. The summed E-state index contributed by atoms with van der Waals surface area (Å²) in [4.78, 5) is 30.1. The van der Waals surface area contributed by atoms with Crippen LogP contribution in [0.1, 0.15) is 32.1 Å². The summed E-state index contributed by atoms with van der Waals surface area (Å²) in [5, 5.41) is 12.5. The summed E-state index contributed by atoms with van der Waals surface area (Å²) in [5.41, 5.74) is 0.684. The van der Waals surface area contributed by atoms with Crippen molar-refractivity contribution in [2.24, 2.45) is 5.92 Å². The van der Waals surface area contributed by atoms with E-state index >= 15 is 0 Å². The van der Waals surface area contributed by atoms with Crippen LogP contribution < -0.4 is 10.2 Å². The molecule has 2 heterocycles. The van der Waals surface area contributed by atoms with Gasteiger partial charge in [-0.05, 0) is 31.4 Å². The molecule has 1 aliphatic heterocycles. The molecule has 0 bridgehead atoms. The minimum Gasteiger partial charge on any atom is -0.393 e. The van der Waals surface area contributed by atoms with E-state index in [0.29, 0.717) is 37.8 Å². The molecule has 1 unspecified atom stereocenters. The van der Waals surface area contributed by atoms with Crippen molar-refractivity contribution >= 4 is 23.2 Å². The molecule has 2 fully saturated rings. The number of amides is 1. The van der Waals surface area contributed by atoms with Gasteiger partial charge in [0.1, 0.15) is 5.78 Å². The third-order valence-electron chi connectivity index (χ3n) is 4.43. The van der Waals surface area contributed by atoms with E-state index in [4.69, 9.17) is 0 Å². The number of carbonyl (C=O) groups excluding carboxylic acids is 2. The molecule has 1 aromatic rings. The van der Waals surface area contributed by atoms with E-state index in [0.717, 1.165) is 18.9 Å². The summed E-state index contributed by atoms with van der Waals surface area (Å²) in [6, 6.07) is 3.62. The van der Waals surface area contributed by atoms with Crippen molar-refractivity contribution in [1.82, 2.24) is 4.98 Å². The highest BCUT2D eigenvalue weighted by molar-refractivity contribution is 5.99. The van der Waals surface area contributed by atoms with Crippen LogP contribution in [0.2, 0.25) is 0 Å². The smallest absolute Gasteiger partial charge is 0.228 e. The Hall–Kier alpha value is -1.95. The second-order valence-electron chi connectivity index (χ2n) is 6.06. The van der Waals surface area contributed by atoms with Crippen molar-refractivity contribution in [3.8, 4) is 0 Å². The lowest BCUT2D eigenvalue weighted by Gasteiger charge is -2.31. The van der Waals surface area contributed by atoms with Crippen LogP contribution in [0, 0.1) is 5.92 Å². The Bertz CT molecular complexity index is 568. The van der Waals surface area contributed by atoms with Crippen molar-refractivity contribution in [1.29, 1.82) is 0 Å². The third-order valence-corrected chi connectivity index (χ3v) is 4.43. The van der Waals surface area contributed by atoms with Gasteiger partial charge in [0.2, 0.25) is 5.91 Å². The Morgan fingerprint density at radius 2 is 2.09 bits per heavy atom. The van der Waals surface area contributed by atoms with Gasteiger partial charge in [-0.1, -0.05) is 0 Å². The Balaban J connectivity index is 1.71. The zero-order chi connectivity index (χ0) is 15.5. The molecule has 0 aromatic carbocycles. The van der Waals surface area contributed by atoms with Crippen LogP contribution in [-0.2, 0) is 9.59 Å². The van der Waals surface area contributed by atoms with Crippen LogP contribution in [0.5, 0.6) is 0 Å². The molecule has 22 heavy (non-hydrogen) atoms. The molecule has 1 saturated carbocycles. The number of ketones is 1. The first-order valence-electron chi connectivity index (χ1n) is 7.84. The van der Waals surface area contributed by atoms with Gasteiger partial charge in [-0.2, -0.15) is 0 Å². The van der Waals surface area contributed by atoms with E-state index in [1.807, 2.05) is 6.07 Å². The summed E-state index contributed by atoms with van der Waals surface area (Å²) < 4.78 is 0. The number of pyridine rings is 1. The average Bonchev–Trinajstić information content (AvgIpc) is 2.95. The van der Waals surface area contributed by atoms with Gasteiger partial charge in [0.15, 0.2) is 5.82 Å². The average molecular weight is 303 g/mol. The maximum absolute atomic E-state index is 12.3. The standard InChI is InChI=1S/C16H21N3O3/c20-12-5-8-19(9-6-12)15-14(2-1-7-17-15)18-16(22)11-3-4-13(21)10-11/h1-2,7,11-12,20H,3-6,8-10H2,(H,18,22). The van der Waals surface area contributed by atoms with Crippen LogP contribution in [0.4, 0.5) is 11.5 Å². The monoisotopic (exact) mass is 303 g/mol. The molecule has 6 heteroatoms. The van der Waals surface area contributed by atoms with E-state index < -0.39 is 0 Å². The van der Waals surface area contributed by atoms with Crippen LogP contribution in [-0.4, -0.2) is 41.0 Å². The van der Waals surface area contributed by atoms with Gasteiger partial charge in [-0.25, -0.2) is 4.98 Å².